The fourth-order valence-corrected chi connectivity index (χ4v) is 1.64. The quantitative estimate of drug-likeness (QED) is 0.808. The smallest absolute Gasteiger partial charge is 0.119 e. The molecule has 0 saturated heterocycles. The molecule has 96 valence electrons. The lowest BCUT2D eigenvalue weighted by atomic mass is 10.1. The Kier molecular flexibility index (Phi) is 6.00. The van der Waals surface area contributed by atoms with Gasteiger partial charge in [-0.05, 0) is 43.5 Å². The van der Waals surface area contributed by atoms with E-state index >= 15 is 0 Å². The molecule has 0 fully saturated rings. The third kappa shape index (κ3) is 5.09. The molecular weight excluding hydrogens is 278 g/mol. The van der Waals surface area contributed by atoms with Crippen molar-refractivity contribution in [3.05, 3.63) is 28.2 Å². The third-order valence-corrected chi connectivity index (χ3v) is 3.86. The normalized spacial score (nSPS) is 12.8. The van der Waals surface area contributed by atoms with Gasteiger partial charge in [-0.25, -0.2) is 0 Å². The van der Waals surface area contributed by atoms with E-state index in [1.54, 1.807) is 0 Å². The Balaban J connectivity index is 2.29. The van der Waals surface area contributed by atoms with Crippen molar-refractivity contribution in [2.45, 2.75) is 33.7 Å². The molecule has 1 unspecified atom stereocenters. The van der Waals surface area contributed by atoms with Crippen LogP contribution in [0.1, 0.15) is 26.3 Å². The lowest BCUT2D eigenvalue weighted by Gasteiger charge is -2.17. The lowest BCUT2D eigenvalue weighted by molar-refractivity contribution is 0.296. The van der Waals surface area contributed by atoms with Gasteiger partial charge in [0.25, 0.3) is 0 Å². The van der Waals surface area contributed by atoms with Gasteiger partial charge in [0.2, 0.25) is 0 Å². The molecule has 1 rings (SSSR count). The van der Waals surface area contributed by atoms with E-state index in [-0.39, 0.29) is 0 Å². The van der Waals surface area contributed by atoms with Crippen molar-refractivity contribution in [1.29, 1.82) is 0 Å². The summed E-state index contributed by atoms with van der Waals surface area (Å²) in [6.45, 7) is 10.3. The molecule has 0 saturated carbocycles. The largest absolute Gasteiger partial charge is 0.492 e. The van der Waals surface area contributed by atoms with Crippen molar-refractivity contribution in [3.63, 3.8) is 0 Å². The van der Waals surface area contributed by atoms with Gasteiger partial charge in [0.15, 0.2) is 0 Å². The van der Waals surface area contributed by atoms with E-state index in [1.807, 2.05) is 12.1 Å². The van der Waals surface area contributed by atoms with Gasteiger partial charge in [-0.1, -0.05) is 29.8 Å². The van der Waals surface area contributed by atoms with Gasteiger partial charge in [0, 0.05) is 17.1 Å². The Morgan fingerprint density at radius 2 is 2.00 bits per heavy atom. The lowest BCUT2D eigenvalue weighted by Crippen LogP contribution is -2.33. The predicted molar refractivity (Wildman–Crippen MR) is 76.7 cm³/mol. The molecule has 0 aliphatic heterocycles. The van der Waals surface area contributed by atoms with Crippen molar-refractivity contribution in [1.82, 2.24) is 5.32 Å². The monoisotopic (exact) mass is 299 g/mol. The summed E-state index contributed by atoms with van der Waals surface area (Å²) >= 11 is 3.48. The maximum Gasteiger partial charge on any atom is 0.119 e. The fourth-order valence-electron chi connectivity index (χ4n) is 1.40. The molecule has 0 aromatic heterocycles. The highest BCUT2D eigenvalue weighted by molar-refractivity contribution is 9.10. The highest BCUT2D eigenvalue weighted by Crippen LogP contribution is 2.21. The zero-order valence-electron chi connectivity index (χ0n) is 11.1. The van der Waals surface area contributed by atoms with Crippen LogP contribution in [0, 0.1) is 12.8 Å². The summed E-state index contributed by atoms with van der Waals surface area (Å²) in [4.78, 5) is 0. The number of halogens is 1. The number of hydrogen-bond acceptors (Lipinski definition) is 2. The molecule has 1 aromatic carbocycles. The molecule has 0 radical (unpaired) electrons. The molecule has 1 aromatic rings. The first-order valence-corrected chi connectivity index (χ1v) is 6.92. The number of nitrogens with one attached hydrogen (secondary N) is 1. The van der Waals surface area contributed by atoms with Gasteiger partial charge in [0.05, 0.1) is 0 Å². The van der Waals surface area contributed by atoms with Gasteiger partial charge >= 0.3 is 0 Å². The van der Waals surface area contributed by atoms with Crippen molar-refractivity contribution >= 4 is 15.9 Å². The summed E-state index contributed by atoms with van der Waals surface area (Å²) in [6, 6.07) is 6.60. The molecule has 0 aliphatic rings. The van der Waals surface area contributed by atoms with E-state index in [1.165, 1.54) is 5.56 Å². The fraction of sp³-hybridized carbons (Fsp3) is 0.571. The molecule has 3 heteroatoms. The van der Waals surface area contributed by atoms with Gasteiger partial charge in [-0.15, -0.1) is 0 Å². The van der Waals surface area contributed by atoms with Crippen LogP contribution in [0.5, 0.6) is 5.75 Å². The Bertz CT molecular complexity index is 352. The summed E-state index contributed by atoms with van der Waals surface area (Å²) in [5.74, 6) is 1.59. The van der Waals surface area contributed by atoms with Crippen LogP contribution in [0.15, 0.2) is 22.7 Å². The average molecular weight is 300 g/mol. The van der Waals surface area contributed by atoms with E-state index in [9.17, 15) is 0 Å². The van der Waals surface area contributed by atoms with Gasteiger partial charge in [-0.3, -0.25) is 0 Å². The highest BCUT2D eigenvalue weighted by atomic mass is 79.9. The van der Waals surface area contributed by atoms with Crippen LogP contribution in [0.25, 0.3) is 0 Å². The van der Waals surface area contributed by atoms with Crippen LogP contribution in [-0.2, 0) is 0 Å². The predicted octanol–water partition coefficient (Wildman–Crippen LogP) is 3.77. The Morgan fingerprint density at radius 3 is 2.59 bits per heavy atom. The Labute approximate surface area is 113 Å². The van der Waals surface area contributed by atoms with E-state index in [4.69, 9.17) is 4.74 Å². The average Bonchev–Trinajstić information content (AvgIpc) is 2.28. The minimum absolute atomic E-state index is 0.533. The number of ether oxygens (including phenoxy) is 1. The molecule has 0 amide bonds. The summed E-state index contributed by atoms with van der Waals surface area (Å²) < 4.78 is 6.81. The van der Waals surface area contributed by atoms with E-state index in [2.05, 4.69) is 55.0 Å². The molecule has 17 heavy (non-hydrogen) atoms. The summed E-state index contributed by atoms with van der Waals surface area (Å²) in [5, 5.41) is 3.44. The molecular formula is C14H22BrNO. The Hall–Kier alpha value is -0.540. The molecule has 0 spiro atoms. The third-order valence-electron chi connectivity index (χ3n) is 2.97. The first-order chi connectivity index (χ1) is 8.00. The van der Waals surface area contributed by atoms with Crippen molar-refractivity contribution < 1.29 is 4.74 Å². The second-order valence-electron chi connectivity index (χ2n) is 4.75. The molecule has 2 nitrogen and oxygen atoms in total. The second-order valence-corrected chi connectivity index (χ2v) is 5.60. The minimum atomic E-state index is 0.533. The zero-order chi connectivity index (χ0) is 12.8. The van der Waals surface area contributed by atoms with E-state index < -0.39 is 0 Å². The van der Waals surface area contributed by atoms with Crippen LogP contribution in [0.3, 0.4) is 0 Å². The van der Waals surface area contributed by atoms with E-state index in [0.29, 0.717) is 18.6 Å². The highest BCUT2D eigenvalue weighted by Gasteiger charge is 2.05. The minimum Gasteiger partial charge on any atom is -0.492 e. The SMILES string of the molecule is Cc1cc(OCCNC(C)C(C)C)ccc1Br. The number of aryl methyl sites for hydroxylation is 1. The molecule has 0 bridgehead atoms. The summed E-state index contributed by atoms with van der Waals surface area (Å²) in [7, 11) is 0. The van der Waals surface area contributed by atoms with Gasteiger partial charge < -0.3 is 10.1 Å². The van der Waals surface area contributed by atoms with Gasteiger partial charge in [0.1, 0.15) is 12.4 Å². The molecule has 0 aliphatic carbocycles. The molecule has 0 heterocycles. The number of hydrogen-bond donors (Lipinski definition) is 1. The zero-order valence-corrected chi connectivity index (χ0v) is 12.7. The summed E-state index contributed by atoms with van der Waals surface area (Å²) in [6.07, 6.45) is 0. The second kappa shape index (κ2) is 7.02. The van der Waals surface area contributed by atoms with Crippen LogP contribution < -0.4 is 10.1 Å². The molecule has 1 N–H and O–H groups in total. The van der Waals surface area contributed by atoms with Gasteiger partial charge in [-0.2, -0.15) is 0 Å². The number of rotatable bonds is 6. The Morgan fingerprint density at radius 1 is 1.29 bits per heavy atom. The standard InChI is InChI=1S/C14H22BrNO/c1-10(2)12(4)16-7-8-17-13-5-6-14(15)11(3)9-13/h5-6,9-10,12,16H,7-8H2,1-4H3. The van der Waals surface area contributed by atoms with Crippen LogP contribution >= 0.6 is 15.9 Å². The van der Waals surface area contributed by atoms with Crippen molar-refractivity contribution in [3.8, 4) is 5.75 Å². The van der Waals surface area contributed by atoms with Crippen molar-refractivity contribution in [2.75, 3.05) is 13.2 Å². The summed E-state index contributed by atoms with van der Waals surface area (Å²) in [5.41, 5.74) is 1.20. The van der Waals surface area contributed by atoms with Crippen molar-refractivity contribution in [2.24, 2.45) is 5.92 Å². The topological polar surface area (TPSA) is 21.3 Å². The van der Waals surface area contributed by atoms with Crippen LogP contribution in [-0.4, -0.2) is 19.2 Å². The maximum atomic E-state index is 5.69. The first kappa shape index (κ1) is 14.5. The molecule has 1 atom stereocenters. The van der Waals surface area contributed by atoms with Crippen LogP contribution in [0.4, 0.5) is 0 Å². The first-order valence-electron chi connectivity index (χ1n) is 6.13. The maximum absolute atomic E-state index is 5.69. The number of benzene rings is 1. The van der Waals surface area contributed by atoms with E-state index in [0.717, 1.165) is 16.8 Å². The van der Waals surface area contributed by atoms with Crippen LogP contribution in [0.2, 0.25) is 0 Å².